The van der Waals surface area contributed by atoms with Crippen LogP contribution in [0.5, 0.6) is 0 Å². The molecule has 1 unspecified atom stereocenters. The lowest BCUT2D eigenvalue weighted by atomic mass is 9.91. The molecule has 90 valence electrons. The van der Waals surface area contributed by atoms with E-state index >= 15 is 0 Å². The summed E-state index contributed by atoms with van der Waals surface area (Å²) >= 11 is 0. The van der Waals surface area contributed by atoms with Crippen LogP contribution in [0.4, 0.5) is 0 Å². The molecule has 1 N–H and O–H groups in total. The van der Waals surface area contributed by atoms with Crippen molar-refractivity contribution >= 4 is 0 Å². The lowest BCUT2D eigenvalue weighted by molar-refractivity contribution is 0.188. The molecule has 0 radical (unpaired) electrons. The minimum Gasteiger partial charge on any atom is -0.396 e. The molecule has 4 nitrogen and oxygen atoms in total. The highest BCUT2D eigenvalue weighted by molar-refractivity contribution is 5.01. The van der Waals surface area contributed by atoms with Gasteiger partial charge in [0.15, 0.2) is 0 Å². The van der Waals surface area contributed by atoms with Gasteiger partial charge in [-0.15, -0.1) is 10.2 Å². The molecule has 0 saturated carbocycles. The molecule has 0 aliphatic carbocycles. The van der Waals surface area contributed by atoms with E-state index in [0.29, 0.717) is 5.92 Å². The van der Waals surface area contributed by atoms with Crippen molar-refractivity contribution < 1.29 is 5.11 Å². The fourth-order valence-electron chi connectivity index (χ4n) is 2.20. The lowest BCUT2D eigenvalue weighted by Crippen LogP contribution is -2.25. The van der Waals surface area contributed by atoms with Crippen molar-refractivity contribution in [3.05, 3.63) is 11.6 Å². The lowest BCUT2D eigenvalue weighted by Gasteiger charge is -2.24. The van der Waals surface area contributed by atoms with E-state index in [4.69, 9.17) is 0 Å². The third-order valence-corrected chi connectivity index (χ3v) is 3.07. The number of aliphatic hydroxyl groups excluding tert-OH is 1. The third-order valence-electron chi connectivity index (χ3n) is 3.07. The number of hydrogen-bond acceptors (Lipinski definition) is 3. The molecule has 0 fully saturated rings. The highest BCUT2D eigenvalue weighted by Crippen LogP contribution is 2.24. The van der Waals surface area contributed by atoms with Gasteiger partial charge in [0.05, 0.1) is 0 Å². The topological polar surface area (TPSA) is 50.9 Å². The zero-order valence-corrected chi connectivity index (χ0v) is 10.4. The maximum Gasteiger partial charge on any atom is 0.133 e. The van der Waals surface area contributed by atoms with Crippen molar-refractivity contribution in [1.29, 1.82) is 0 Å². The Hall–Kier alpha value is -0.900. The van der Waals surface area contributed by atoms with Crippen molar-refractivity contribution in [3.63, 3.8) is 0 Å². The van der Waals surface area contributed by atoms with E-state index < -0.39 is 0 Å². The van der Waals surface area contributed by atoms with Gasteiger partial charge in [-0.2, -0.15) is 0 Å². The second-order valence-corrected chi connectivity index (χ2v) is 5.97. The predicted molar refractivity (Wildman–Crippen MR) is 62.1 cm³/mol. The molecule has 2 heterocycles. The molecule has 1 aliphatic rings. The van der Waals surface area contributed by atoms with Crippen LogP contribution in [0.1, 0.15) is 38.8 Å². The number of nitrogens with zero attached hydrogens (tertiary/aromatic N) is 3. The van der Waals surface area contributed by atoms with Crippen molar-refractivity contribution in [3.8, 4) is 0 Å². The van der Waals surface area contributed by atoms with Crippen LogP contribution in [0, 0.1) is 11.3 Å². The zero-order valence-electron chi connectivity index (χ0n) is 10.4. The number of aliphatic hydroxyl groups is 1. The molecule has 1 aromatic rings. The van der Waals surface area contributed by atoms with Crippen molar-refractivity contribution in [2.75, 3.05) is 6.61 Å². The maximum atomic E-state index is 9.22. The van der Waals surface area contributed by atoms with Gasteiger partial charge in [0.25, 0.3) is 0 Å². The van der Waals surface area contributed by atoms with Crippen LogP contribution in [-0.2, 0) is 19.4 Å². The number of fused-ring (bicyclic) bond motifs is 1. The van der Waals surface area contributed by atoms with Gasteiger partial charge in [-0.25, -0.2) is 0 Å². The Morgan fingerprint density at radius 2 is 2.12 bits per heavy atom. The van der Waals surface area contributed by atoms with Crippen LogP contribution < -0.4 is 0 Å². The number of aromatic nitrogens is 3. The van der Waals surface area contributed by atoms with E-state index in [1.807, 2.05) is 0 Å². The summed E-state index contributed by atoms with van der Waals surface area (Å²) in [5.41, 5.74) is 0.232. The molecule has 4 heteroatoms. The molecule has 0 amide bonds. The normalized spacial score (nSPS) is 20.9. The van der Waals surface area contributed by atoms with Gasteiger partial charge in [-0.3, -0.25) is 0 Å². The van der Waals surface area contributed by atoms with Crippen LogP contribution in [0.2, 0.25) is 0 Å². The molecule has 1 atom stereocenters. The van der Waals surface area contributed by atoms with Crippen LogP contribution in [-0.4, -0.2) is 26.5 Å². The minimum atomic E-state index is 0.232. The number of aryl methyl sites for hydroxylation is 1. The highest BCUT2D eigenvalue weighted by atomic mass is 16.3. The Morgan fingerprint density at radius 1 is 1.38 bits per heavy atom. The average Bonchev–Trinajstić information content (AvgIpc) is 2.58. The first-order valence-corrected chi connectivity index (χ1v) is 6.01. The summed E-state index contributed by atoms with van der Waals surface area (Å²) in [5, 5.41) is 17.7. The van der Waals surface area contributed by atoms with Crippen molar-refractivity contribution in [2.24, 2.45) is 11.3 Å². The van der Waals surface area contributed by atoms with Gasteiger partial charge in [0, 0.05) is 31.9 Å². The quantitative estimate of drug-likeness (QED) is 0.825. The zero-order chi connectivity index (χ0) is 11.8. The van der Waals surface area contributed by atoms with Gasteiger partial charge < -0.3 is 9.67 Å². The number of rotatable bonds is 2. The summed E-state index contributed by atoms with van der Waals surface area (Å²) in [6.45, 7) is 7.78. The Kier molecular flexibility index (Phi) is 3.02. The fourth-order valence-corrected chi connectivity index (χ4v) is 2.20. The standard InChI is InChI=1S/C12H21N3O/c1-12(2,3)6-11-14-13-10-5-4-9(8-16)7-15(10)11/h9,16H,4-8H2,1-3H3. The molecule has 1 aliphatic heterocycles. The Morgan fingerprint density at radius 3 is 2.75 bits per heavy atom. The molecule has 2 rings (SSSR count). The number of hydrogen-bond donors (Lipinski definition) is 1. The highest BCUT2D eigenvalue weighted by Gasteiger charge is 2.24. The predicted octanol–water partition coefficient (Wildman–Crippen LogP) is 1.42. The average molecular weight is 223 g/mol. The summed E-state index contributed by atoms with van der Waals surface area (Å²) in [4.78, 5) is 0. The van der Waals surface area contributed by atoms with E-state index in [1.165, 1.54) is 0 Å². The van der Waals surface area contributed by atoms with Gasteiger partial charge in [0.1, 0.15) is 11.6 Å². The second kappa shape index (κ2) is 4.17. The Bertz CT molecular complexity index is 365. The Balaban J connectivity index is 2.20. The smallest absolute Gasteiger partial charge is 0.133 e. The summed E-state index contributed by atoms with van der Waals surface area (Å²) in [7, 11) is 0. The largest absolute Gasteiger partial charge is 0.396 e. The maximum absolute atomic E-state index is 9.22. The first kappa shape index (κ1) is 11.6. The van der Waals surface area contributed by atoms with Gasteiger partial charge in [-0.05, 0) is 11.8 Å². The van der Waals surface area contributed by atoms with Crippen LogP contribution in [0.25, 0.3) is 0 Å². The van der Waals surface area contributed by atoms with Gasteiger partial charge >= 0.3 is 0 Å². The first-order chi connectivity index (χ1) is 7.49. The van der Waals surface area contributed by atoms with Crippen LogP contribution >= 0.6 is 0 Å². The SMILES string of the molecule is CC(C)(C)Cc1nnc2n1CC(CO)CC2. The molecule has 0 bridgehead atoms. The van der Waals surface area contributed by atoms with Crippen LogP contribution in [0.3, 0.4) is 0 Å². The van der Waals surface area contributed by atoms with Crippen molar-refractivity contribution in [1.82, 2.24) is 14.8 Å². The molecule has 0 spiro atoms. The molecular weight excluding hydrogens is 202 g/mol. The minimum absolute atomic E-state index is 0.232. The molecule has 0 aromatic carbocycles. The van der Waals surface area contributed by atoms with Crippen LogP contribution in [0.15, 0.2) is 0 Å². The van der Waals surface area contributed by atoms with E-state index in [1.54, 1.807) is 0 Å². The molecule has 16 heavy (non-hydrogen) atoms. The van der Waals surface area contributed by atoms with Gasteiger partial charge in [0.2, 0.25) is 0 Å². The molecular formula is C12H21N3O. The van der Waals surface area contributed by atoms with Gasteiger partial charge in [-0.1, -0.05) is 20.8 Å². The third kappa shape index (κ3) is 2.43. The summed E-state index contributed by atoms with van der Waals surface area (Å²) in [5.74, 6) is 2.53. The first-order valence-electron chi connectivity index (χ1n) is 6.01. The molecule has 1 aromatic heterocycles. The summed E-state index contributed by atoms with van der Waals surface area (Å²) in [6.07, 6.45) is 2.92. The fraction of sp³-hybridized carbons (Fsp3) is 0.833. The summed E-state index contributed by atoms with van der Waals surface area (Å²) in [6, 6.07) is 0. The monoisotopic (exact) mass is 223 g/mol. The van der Waals surface area contributed by atoms with E-state index in [0.717, 1.165) is 37.5 Å². The van der Waals surface area contributed by atoms with E-state index in [2.05, 4.69) is 35.5 Å². The van der Waals surface area contributed by atoms with Crippen molar-refractivity contribution in [2.45, 2.75) is 46.6 Å². The molecule has 0 saturated heterocycles. The summed E-state index contributed by atoms with van der Waals surface area (Å²) < 4.78 is 2.20. The van der Waals surface area contributed by atoms with E-state index in [-0.39, 0.29) is 12.0 Å². The van der Waals surface area contributed by atoms with E-state index in [9.17, 15) is 5.11 Å². The Labute approximate surface area is 96.7 Å². The second-order valence-electron chi connectivity index (χ2n) is 5.97.